The third-order valence-electron chi connectivity index (χ3n) is 3.85. The topological polar surface area (TPSA) is 71.0 Å². The molecule has 7 nitrogen and oxygen atoms in total. The van der Waals surface area contributed by atoms with E-state index in [0.717, 1.165) is 37.8 Å². The Hall–Kier alpha value is -0.840. The number of ether oxygens (including phenoxy) is 2. The maximum absolute atomic E-state index is 6.24. The van der Waals surface area contributed by atoms with E-state index >= 15 is 0 Å². The standard InChI is InChI=1S/C17H28ClN5O2.HI/c1-3-19-17(21-8-10-25-12-11-24-2)22-14-6-9-23(13-14)16-15(18)5-4-7-20-16;/h4-5,7,14H,3,6,8-13H2,1-2H3,(H2,19,21,22);1H. The van der Waals surface area contributed by atoms with Crippen molar-refractivity contribution in [2.24, 2.45) is 4.99 Å². The number of halogens is 2. The minimum absolute atomic E-state index is 0. The average Bonchev–Trinajstić information content (AvgIpc) is 3.07. The highest BCUT2D eigenvalue weighted by Crippen LogP contribution is 2.25. The number of nitrogens with one attached hydrogen (secondary N) is 2. The van der Waals surface area contributed by atoms with Gasteiger partial charge in [-0.05, 0) is 25.5 Å². The molecule has 0 aromatic carbocycles. The van der Waals surface area contributed by atoms with Crippen LogP contribution in [0.25, 0.3) is 0 Å². The number of anilines is 1. The first-order chi connectivity index (χ1) is 12.2. The van der Waals surface area contributed by atoms with Crippen molar-refractivity contribution >= 4 is 47.4 Å². The van der Waals surface area contributed by atoms with Crippen molar-refractivity contribution in [3.8, 4) is 0 Å². The number of hydrogen-bond donors (Lipinski definition) is 2. The molecule has 0 aliphatic carbocycles. The predicted molar refractivity (Wildman–Crippen MR) is 117 cm³/mol. The van der Waals surface area contributed by atoms with E-state index in [0.29, 0.717) is 37.4 Å². The van der Waals surface area contributed by atoms with Crippen molar-refractivity contribution in [1.82, 2.24) is 15.6 Å². The zero-order valence-electron chi connectivity index (χ0n) is 15.4. The third kappa shape index (κ3) is 7.81. The van der Waals surface area contributed by atoms with Crippen molar-refractivity contribution in [3.05, 3.63) is 23.4 Å². The maximum atomic E-state index is 6.24. The van der Waals surface area contributed by atoms with Crippen molar-refractivity contribution in [3.63, 3.8) is 0 Å². The van der Waals surface area contributed by atoms with Crippen LogP contribution >= 0.6 is 35.6 Å². The first kappa shape index (κ1) is 23.2. The van der Waals surface area contributed by atoms with Crippen LogP contribution in [0.4, 0.5) is 5.82 Å². The van der Waals surface area contributed by atoms with Crippen molar-refractivity contribution in [2.45, 2.75) is 19.4 Å². The number of methoxy groups -OCH3 is 1. The molecule has 26 heavy (non-hydrogen) atoms. The summed E-state index contributed by atoms with van der Waals surface area (Å²) in [6.45, 7) is 7.05. The third-order valence-corrected chi connectivity index (χ3v) is 4.14. The predicted octanol–water partition coefficient (Wildman–Crippen LogP) is 2.15. The first-order valence-corrected chi connectivity index (χ1v) is 9.09. The molecule has 2 rings (SSSR count). The quantitative estimate of drug-likeness (QED) is 0.236. The fourth-order valence-corrected chi connectivity index (χ4v) is 2.90. The summed E-state index contributed by atoms with van der Waals surface area (Å²) >= 11 is 6.24. The van der Waals surface area contributed by atoms with Gasteiger partial charge in [0, 0.05) is 39.0 Å². The highest BCUT2D eigenvalue weighted by atomic mass is 127. The Balaban J connectivity index is 0.00000338. The monoisotopic (exact) mass is 497 g/mol. The molecular weight excluding hydrogens is 469 g/mol. The molecule has 1 aliphatic heterocycles. The number of nitrogens with zero attached hydrogens (tertiary/aromatic N) is 3. The summed E-state index contributed by atoms with van der Waals surface area (Å²) in [5, 5.41) is 7.45. The number of aliphatic imine (C=N–C) groups is 1. The van der Waals surface area contributed by atoms with E-state index in [4.69, 9.17) is 21.1 Å². The Morgan fingerprint density at radius 2 is 2.27 bits per heavy atom. The van der Waals surface area contributed by atoms with E-state index in [-0.39, 0.29) is 24.0 Å². The van der Waals surface area contributed by atoms with Crippen LogP contribution in [0, 0.1) is 0 Å². The molecule has 1 aliphatic rings. The summed E-state index contributed by atoms with van der Waals surface area (Å²) in [5.41, 5.74) is 0. The molecule has 1 aromatic rings. The summed E-state index contributed by atoms with van der Waals surface area (Å²) in [7, 11) is 1.66. The number of aromatic nitrogens is 1. The normalized spacial score (nSPS) is 17.1. The molecule has 2 N–H and O–H groups in total. The van der Waals surface area contributed by atoms with Gasteiger partial charge < -0.3 is 25.0 Å². The lowest BCUT2D eigenvalue weighted by atomic mass is 10.3. The zero-order valence-corrected chi connectivity index (χ0v) is 18.5. The fourth-order valence-electron chi connectivity index (χ4n) is 2.66. The summed E-state index contributed by atoms with van der Waals surface area (Å²) in [6, 6.07) is 4.03. The highest BCUT2D eigenvalue weighted by Gasteiger charge is 2.25. The molecule has 0 spiro atoms. The van der Waals surface area contributed by atoms with Crippen LogP contribution in [0.15, 0.2) is 23.3 Å². The summed E-state index contributed by atoms with van der Waals surface area (Å²) in [5.74, 6) is 1.67. The van der Waals surface area contributed by atoms with E-state index in [1.165, 1.54) is 0 Å². The van der Waals surface area contributed by atoms with Gasteiger partial charge in [0.2, 0.25) is 0 Å². The first-order valence-electron chi connectivity index (χ1n) is 8.71. The van der Waals surface area contributed by atoms with Crippen molar-refractivity contribution < 1.29 is 9.47 Å². The van der Waals surface area contributed by atoms with Crippen LogP contribution in [0.2, 0.25) is 5.02 Å². The molecular formula is C17H29ClIN5O2. The van der Waals surface area contributed by atoms with E-state index in [1.807, 2.05) is 12.1 Å². The van der Waals surface area contributed by atoms with Crippen LogP contribution in [0.3, 0.4) is 0 Å². The van der Waals surface area contributed by atoms with Gasteiger partial charge >= 0.3 is 0 Å². The molecule has 0 bridgehead atoms. The van der Waals surface area contributed by atoms with Crippen LogP contribution in [-0.2, 0) is 9.47 Å². The lowest BCUT2D eigenvalue weighted by Gasteiger charge is -2.20. The lowest BCUT2D eigenvalue weighted by Crippen LogP contribution is -2.44. The molecule has 0 radical (unpaired) electrons. The Kier molecular flexibility index (Phi) is 11.9. The Bertz CT molecular complexity index is 550. The molecule has 1 saturated heterocycles. The molecule has 1 aromatic heterocycles. The van der Waals surface area contributed by atoms with E-state index < -0.39 is 0 Å². The van der Waals surface area contributed by atoms with Gasteiger partial charge in [-0.1, -0.05) is 11.6 Å². The largest absolute Gasteiger partial charge is 0.382 e. The molecule has 1 atom stereocenters. The lowest BCUT2D eigenvalue weighted by molar-refractivity contribution is 0.0748. The second kappa shape index (κ2) is 13.3. The smallest absolute Gasteiger partial charge is 0.191 e. The molecule has 0 amide bonds. The Labute approximate surface area is 177 Å². The van der Waals surface area contributed by atoms with Gasteiger partial charge in [0.05, 0.1) is 31.4 Å². The number of rotatable bonds is 9. The second-order valence-electron chi connectivity index (χ2n) is 5.75. The molecule has 1 unspecified atom stereocenters. The maximum Gasteiger partial charge on any atom is 0.191 e. The average molecular weight is 498 g/mol. The Morgan fingerprint density at radius 3 is 3.00 bits per heavy atom. The number of pyridine rings is 1. The van der Waals surface area contributed by atoms with Gasteiger partial charge in [-0.3, -0.25) is 4.99 Å². The van der Waals surface area contributed by atoms with Crippen LogP contribution in [-0.4, -0.2) is 70.1 Å². The van der Waals surface area contributed by atoms with Gasteiger partial charge in [-0.15, -0.1) is 24.0 Å². The summed E-state index contributed by atoms with van der Waals surface area (Å²) in [6.07, 6.45) is 2.79. The SMILES string of the molecule is CCNC(=NCCOCCOC)NC1CCN(c2ncccc2Cl)C1.I. The fraction of sp³-hybridized carbons (Fsp3) is 0.647. The van der Waals surface area contributed by atoms with Gasteiger partial charge in [0.25, 0.3) is 0 Å². The molecule has 2 heterocycles. The number of hydrogen-bond acceptors (Lipinski definition) is 5. The minimum atomic E-state index is 0. The molecule has 9 heteroatoms. The van der Waals surface area contributed by atoms with Crippen molar-refractivity contribution in [2.75, 3.05) is 58.0 Å². The van der Waals surface area contributed by atoms with E-state index in [9.17, 15) is 0 Å². The Morgan fingerprint density at radius 1 is 1.42 bits per heavy atom. The van der Waals surface area contributed by atoms with Crippen LogP contribution in [0.1, 0.15) is 13.3 Å². The van der Waals surface area contributed by atoms with Crippen molar-refractivity contribution in [1.29, 1.82) is 0 Å². The summed E-state index contributed by atoms with van der Waals surface area (Å²) in [4.78, 5) is 11.2. The molecule has 148 valence electrons. The zero-order chi connectivity index (χ0) is 17.9. The number of guanidine groups is 1. The van der Waals surface area contributed by atoms with E-state index in [2.05, 4.69) is 32.4 Å². The molecule has 1 fully saturated rings. The molecule has 0 saturated carbocycles. The minimum Gasteiger partial charge on any atom is -0.382 e. The van der Waals surface area contributed by atoms with Gasteiger partial charge in [0.1, 0.15) is 5.82 Å². The van der Waals surface area contributed by atoms with Crippen LogP contribution in [0.5, 0.6) is 0 Å². The highest BCUT2D eigenvalue weighted by molar-refractivity contribution is 14.0. The van der Waals surface area contributed by atoms with Gasteiger partial charge in [-0.2, -0.15) is 0 Å². The van der Waals surface area contributed by atoms with E-state index in [1.54, 1.807) is 13.3 Å². The van der Waals surface area contributed by atoms with Gasteiger partial charge in [-0.25, -0.2) is 4.98 Å². The second-order valence-corrected chi connectivity index (χ2v) is 6.16. The van der Waals surface area contributed by atoms with Crippen LogP contribution < -0.4 is 15.5 Å². The summed E-state index contributed by atoms with van der Waals surface area (Å²) < 4.78 is 10.4. The van der Waals surface area contributed by atoms with Gasteiger partial charge in [0.15, 0.2) is 5.96 Å².